The molecule has 3 amide bonds. The van der Waals surface area contributed by atoms with Gasteiger partial charge in [0.05, 0.1) is 6.04 Å². The van der Waals surface area contributed by atoms with Crippen molar-refractivity contribution < 1.29 is 24.3 Å². The number of nitrogens with two attached hydrogens (primary N) is 2. The third-order valence-corrected chi connectivity index (χ3v) is 5.19. The van der Waals surface area contributed by atoms with E-state index in [0.717, 1.165) is 13.0 Å². The molecule has 2 aliphatic rings. The van der Waals surface area contributed by atoms with Gasteiger partial charge < -0.3 is 37.4 Å². The second-order valence-electron chi connectivity index (χ2n) is 7.46. The number of guanidine groups is 1. The van der Waals surface area contributed by atoms with Gasteiger partial charge in [-0.2, -0.15) is 0 Å². The highest BCUT2D eigenvalue weighted by atomic mass is 16.4. The molecule has 12 heteroatoms. The van der Waals surface area contributed by atoms with Gasteiger partial charge in [-0.25, -0.2) is 0 Å². The molecule has 3 unspecified atom stereocenters. The van der Waals surface area contributed by atoms with E-state index in [1.54, 1.807) is 0 Å². The van der Waals surface area contributed by atoms with Gasteiger partial charge in [-0.15, -0.1) is 0 Å². The summed E-state index contributed by atoms with van der Waals surface area (Å²) in [5, 5.41) is 17.0. The van der Waals surface area contributed by atoms with Crippen LogP contribution in [0, 0.1) is 0 Å². The Bertz CT molecular complexity index is 674. The average molecular weight is 425 g/mol. The van der Waals surface area contributed by atoms with Crippen LogP contribution in [0.1, 0.15) is 38.5 Å². The molecule has 0 aromatic heterocycles. The zero-order valence-electron chi connectivity index (χ0n) is 16.9. The lowest BCUT2D eigenvalue weighted by Crippen LogP contribution is -2.55. The molecule has 3 atom stereocenters. The first-order valence-electron chi connectivity index (χ1n) is 10.2. The number of carboxylic acid groups (broad SMARTS) is 1. The maximum atomic E-state index is 13.2. The van der Waals surface area contributed by atoms with Gasteiger partial charge >= 0.3 is 5.97 Å². The van der Waals surface area contributed by atoms with E-state index in [2.05, 4.69) is 20.9 Å². The third-order valence-electron chi connectivity index (χ3n) is 5.19. The standard InChI is InChI=1S/C18H31N7O5/c19-18(20)22-8-2-5-12(24-15(28)11-4-1-7-21-11)17(30)25-9-3-6-13(25)16(29)23-10-14(26)27/h11-13,21H,1-10H2,(H,23,29)(H,24,28)(H,26,27)(H4,19,20,22). The zero-order chi connectivity index (χ0) is 22.1. The summed E-state index contributed by atoms with van der Waals surface area (Å²) in [6, 6.07) is -1.91. The highest BCUT2D eigenvalue weighted by molar-refractivity contribution is 5.94. The first-order chi connectivity index (χ1) is 14.3. The molecule has 0 spiro atoms. The van der Waals surface area contributed by atoms with Crippen LogP contribution in [0.15, 0.2) is 4.99 Å². The van der Waals surface area contributed by atoms with Gasteiger partial charge in [-0.1, -0.05) is 0 Å². The molecule has 2 rings (SSSR count). The predicted octanol–water partition coefficient (Wildman–Crippen LogP) is -2.53. The molecule has 2 saturated heterocycles. The van der Waals surface area contributed by atoms with E-state index in [9.17, 15) is 19.2 Å². The summed E-state index contributed by atoms with van der Waals surface area (Å²) < 4.78 is 0. The SMILES string of the molecule is NC(N)=NCCCC(NC(=O)C1CCCN1)C(=O)N1CCCC1C(=O)NCC(=O)O. The fourth-order valence-corrected chi connectivity index (χ4v) is 3.73. The number of hydrogen-bond donors (Lipinski definition) is 6. The maximum absolute atomic E-state index is 13.2. The Balaban J connectivity index is 2.04. The number of carbonyl (C=O) groups is 4. The smallest absolute Gasteiger partial charge is 0.322 e. The summed E-state index contributed by atoms with van der Waals surface area (Å²) in [7, 11) is 0. The highest BCUT2D eigenvalue weighted by Gasteiger charge is 2.38. The second kappa shape index (κ2) is 11.3. The summed E-state index contributed by atoms with van der Waals surface area (Å²) in [6.45, 7) is 0.917. The van der Waals surface area contributed by atoms with Gasteiger partial charge in [0.1, 0.15) is 18.6 Å². The minimum Gasteiger partial charge on any atom is -0.480 e. The number of nitrogens with zero attached hydrogens (tertiary/aromatic N) is 2. The number of carboxylic acids is 1. The van der Waals surface area contributed by atoms with Gasteiger partial charge in [-0.3, -0.25) is 24.2 Å². The Hall–Kier alpha value is -2.89. The molecule has 30 heavy (non-hydrogen) atoms. The lowest BCUT2D eigenvalue weighted by atomic mass is 10.1. The molecule has 2 heterocycles. The predicted molar refractivity (Wildman–Crippen MR) is 108 cm³/mol. The van der Waals surface area contributed by atoms with Crippen LogP contribution >= 0.6 is 0 Å². The Morgan fingerprint density at radius 2 is 1.93 bits per heavy atom. The van der Waals surface area contributed by atoms with E-state index in [4.69, 9.17) is 16.6 Å². The highest BCUT2D eigenvalue weighted by Crippen LogP contribution is 2.20. The van der Waals surface area contributed by atoms with E-state index in [0.29, 0.717) is 45.2 Å². The monoisotopic (exact) mass is 425 g/mol. The Kier molecular flexibility index (Phi) is 8.84. The van der Waals surface area contributed by atoms with Crippen LogP contribution < -0.4 is 27.4 Å². The van der Waals surface area contributed by atoms with Gasteiger partial charge in [0.2, 0.25) is 17.7 Å². The molecule has 0 aromatic rings. The molecule has 0 aliphatic carbocycles. The van der Waals surface area contributed by atoms with E-state index < -0.39 is 30.5 Å². The van der Waals surface area contributed by atoms with Gasteiger partial charge in [0.25, 0.3) is 0 Å². The third kappa shape index (κ3) is 6.87. The lowest BCUT2D eigenvalue weighted by Gasteiger charge is -2.29. The van der Waals surface area contributed by atoms with Gasteiger partial charge in [0, 0.05) is 13.1 Å². The Labute approximate surface area is 174 Å². The molecule has 2 fully saturated rings. The average Bonchev–Trinajstić information content (AvgIpc) is 3.39. The molecule has 0 radical (unpaired) electrons. The second-order valence-corrected chi connectivity index (χ2v) is 7.46. The van der Waals surface area contributed by atoms with Crippen LogP contribution in [0.3, 0.4) is 0 Å². The Morgan fingerprint density at radius 1 is 1.17 bits per heavy atom. The normalized spacial score (nSPS) is 21.7. The molecule has 0 aromatic carbocycles. The molecule has 0 saturated carbocycles. The summed E-state index contributed by atoms with van der Waals surface area (Å²) in [5.74, 6) is -2.33. The van der Waals surface area contributed by atoms with Crippen LogP contribution in [0.4, 0.5) is 0 Å². The summed E-state index contributed by atoms with van der Waals surface area (Å²) >= 11 is 0. The minimum atomic E-state index is -1.16. The number of hydrogen-bond acceptors (Lipinski definition) is 6. The number of aliphatic carboxylic acids is 1. The number of likely N-dealkylation sites (tertiary alicyclic amines) is 1. The Morgan fingerprint density at radius 3 is 2.57 bits per heavy atom. The van der Waals surface area contributed by atoms with Crippen molar-refractivity contribution in [1.82, 2.24) is 20.9 Å². The fourth-order valence-electron chi connectivity index (χ4n) is 3.73. The van der Waals surface area contributed by atoms with Gasteiger partial charge in [-0.05, 0) is 45.1 Å². The topological polar surface area (TPSA) is 192 Å². The van der Waals surface area contributed by atoms with Crippen LogP contribution in [-0.4, -0.2) is 84.0 Å². The van der Waals surface area contributed by atoms with Crippen LogP contribution in [0.25, 0.3) is 0 Å². The molecular weight excluding hydrogens is 394 g/mol. The molecule has 8 N–H and O–H groups in total. The van der Waals surface area contributed by atoms with Crippen LogP contribution in [0.2, 0.25) is 0 Å². The summed E-state index contributed by atoms with van der Waals surface area (Å²) in [6.07, 6.45) is 3.43. The minimum absolute atomic E-state index is 0.0493. The van der Waals surface area contributed by atoms with E-state index in [1.807, 2.05) is 0 Å². The molecule has 0 bridgehead atoms. The number of carbonyl (C=O) groups excluding carboxylic acids is 3. The van der Waals surface area contributed by atoms with E-state index >= 15 is 0 Å². The van der Waals surface area contributed by atoms with Crippen LogP contribution in [0.5, 0.6) is 0 Å². The van der Waals surface area contributed by atoms with Crippen LogP contribution in [-0.2, 0) is 19.2 Å². The fraction of sp³-hybridized carbons (Fsp3) is 0.722. The largest absolute Gasteiger partial charge is 0.480 e. The number of nitrogens with one attached hydrogen (secondary N) is 3. The molecular formula is C18H31N7O5. The molecule has 168 valence electrons. The number of amides is 3. The first-order valence-corrected chi connectivity index (χ1v) is 10.2. The van der Waals surface area contributed by atoms with E-state index in [-0.39, 0.29) is 23.8 Å². The quantitative estimate of drug-likeness (QED) is 0.125. The summed E-state index contributed by atoms with van der Waals surface area (Å²) in [4.78, 5) is 54.1. The van der Waals surface area contributed by atoms with Crippen molar-refractivity contribution in [3.63, 3.8) is 0 Å². The van der Waals surface area contributed by atoms with Crippen molar-refractivity contribution >= 4 is 29.7 Å². The maximum Gasteiger partial charge on any atom is 0.322 e. The van der Waals surface area contributed by atoms with Crippen molar-refractivity contribution in [2.75, 3.05) is 26.2 Å². The van der Waals surface area contributed by atoms with Crippen molar-refractivity contribution in [3.05, 3.63) is 0 Å². The number of rotatable bonds is 10. The lowest BCUT2D eigenvalue weighted by molar-refractivity contribution is -0.143. The summed E-state index contributed by atoms with van der Waals surface area (Å²) in [5.41, 5.74) is 10.6. The van der Waals surface area contributed by atoms with Crippen molar-refractivity contribution in [2.24, 2.45) is 16.5 Å². The number of aliphatic imine (C=N–C) groups is 1. The molecule has 12 nitrogen and oxygen atoms in total. The van der Waals surface area contributed by atoms with Crippen molar-refractivity contribution in [1.29, 1.82) is 0 Å². The zero-order valence-corrected chi connectivity index (χ0v) is 16.9. The van der Waals surface area contributed by atoms with E-state index in [1.165, 1.54) is 4.90 Å². The first kappa shape index (κ1) is 23.4. The van der Waals surface area contributed by atoms with Crippen molar-refractivity contribution in [3.8, 4) is 0 Å². The van der Waals surface area contributed by atoms with Gasteiger partial charge in [0.15, 0.2) is 5.96 Å². The molecule has 2 aliphatic heterocycles. The van der Waals surface area contributed by atoms with Crippen molar-refractivity contribution in [2.45, 2.75) is 56.7 Å².